The third-order valence-electron chi connectivity index (χ3n) is 2.15. The molecule has 0 aromatic heterocycles. The van der Waals surface area contributed by atoms with Crippen LogP contribution in [0.4, 0.5) is 0 Å². The molecule has 0 aliphatic carbocycles. The molecule has 1 aliphatic rings. The molecule has 5 heteroatoms. The van der Waals surface area contributed by atoms with Gasteiger partial charge in [0, 0.05) is 10.0 Å². The van der Waals surface area contributed by atoms with Crippen LogP contribution in [-0.4, -0.2) is 20.3 Å². The normalized spacial score (nSPS) is 14.0. The monoisotopic (exact) mass is 273 g/mol. The third kappa shape index (κ3) is 2.25. The van der Waals surface area contributed by atoms with Crippen molar-refractivity contribution in [2.75, 3.05) is 20.3 Å². The van der Waals surface area contributed by atoms with Gasteiger partial charge in [-0.2, -0.15) is 5.48 Å². The lowest BCUT2D eigenvalue weighted by Gasteiger charge is -2.21. The summed E-state index contributed by atoms with van der Waals surface area (Å²) in [7, 11) is 1.58. The first kappa shape index (κ1) is 10.7. The Labute approximate surface area is 96.6 Å². The summed E-state index contributed by atoms with van der Waals surface area (Å²) in [5.41, 5.74) is 3.80. The van der Waals surface area contributed by atoms with Crippen molar-refractivity contribution in [3.63, 3.8) is 0 Å². The summed E-state index contributed by atoms with van der Waals surface area (Å²) in [6.07, 6.45) is 0. The number of hydrogen-bond donors (Lipinski definition) is 1. The summed E-state index contributed by atoms with van der Waals surface area (Å²) in [6, 6.07) is 3.84. The van der Waals surface area contributed by atoms with Crippen LogP contribution in [0.15, 0.2) is 16.6 Å². The van der Waals surface area contributed by atoms with Gasteiger partial charge in [-0.3, -0.25) is 0 Å². The van der Waals surface area contributed by atoms with Crippen LogP contribution >= 0.6 is 15.9 Å². The Morgan fingerprint density at radius 3 is 3.00 bits per heavy atom. The number of rotatable bonds is 3. The highest BCUT2D eigenvalue weighted by molar-refractivity contribution is 9.10. The Bertz CT molecular complexity index is 357. The van der Waals surface area contributed by atoms with E-state index in [4.69, 9.17) is 14.3 Å². The van der Waals surface area contributed by atoms with Crippen LogP contribution in [0.3, 0.4) is 0 Å². The average molecular weight is 274 g/mol. The van der Waals surface area contributed by atoms with Gasteiger partial charge in [-0.05, 0) is 12.1 Å². The van der Waals surface area contributed by atoms with Crippen LogP contribution in [0.25, 0.3) is 0 Å². The molecule has 1 heterocycles. The molecule has 0 unspecified atom stereocenters. The van der Waals surface area contributed by atoms with E-state index in [9.17, 15) is 0 Å². The average Bonchev–Trinajstić information content (AvgIpc) is 2.28. The molecule has 15 heavy (non-hydrogen) atoms. The molecule has 1 aromatic rings. The summed E-state index contributed by atoms with van der Waals surface area (Å²) in [6.45, 7) is 1.76. The van der Waals surface area contributed by atoms with Crippen LogP contribution in [0.5, 0.6) is 11.5 Å². The second-order valence-electron chi connectivity index (χ2n) is 3.08. The quantitative estimate of drug-likeness (QED) is 0.854. The number of ether oxygens (including phenoxy) is 2. The van der Waals surface area contributed by atoms with E-state index in [1.165, 1.54) is 0 Å². The number of fused-ring (bicyclic) bond motifs is 1. The Balaban J connectivity index is 2.32. The molecule has 0 bridgehead atoms. The van der Waals surface area contributed by atoms with Crippen molar-refractivity contribution in [2.24, 2.45) is 0 Å². The van der Waals surface area contributed by atoms with Crippen molar-refractivity contribution in [1.82, 2.24) is 5.48 Å². The maximum absolute atomic E-state index is 5.58. The summed E-state index contributed by atoms with van der Waals surface area (Å²) in [5.74, 6) is 1.58. The molecule has 0 saturated heterocycles. The lowest BCUT2D eigenvalue weighted by atomic mass is 10.2. The number of hydrogen-bond acceptors (Lipinski definition) is 4. The van der Waals surface area contributed by atoms with E-state index in [1.54, 1.807) is 7.11 Å². The zero-order valence-corrected chi connectivity index (χ0v) is 9.96. The van der Waals surface area contributed by atoms with E-state index < -0.39 is 0 Å². The molecule has 0 spiro atoms. The smallest absolute Gasteiger partial charge is 0.167 e. The van der Waals surface area contributed by atoms with Crippen molar-refractivity contribution >= 4 is 15.9 Å². The van der Waals surface area contributed by atoms with E-state index in [0.717, 1.165) is 21.5 Å². The first-order chi connectivity index (χ1) is 7.33. The second kappa shape index (κ2) is 4.83. The van der Waals surface area contributed by atoms with Crippen molar-refractivity contribution in [3.05, 3.63) is 22.2 Å². The highest BCUT2D eigenvalue weighted by Gasteiger charge is 2.17. The minimum absolute atomic E-state index is 0.573. The van der Waals surface area contributed by atoms with E-state index in [2.05, 4.69) is 21.4 Å². The Morgan fingerprint density at radius 2 is 2.20 bits per heavy atom. The van der Waals surface area contributed by atoms with Crippen LogP contribution in [-0.2, 0) is 11.4 Å². The van der Waals surface area contributed by atoms with Crippen molar-refractivity contribution in [2.45, 2.75) is 6.54 Å². The zero-order valence-electron chi connectivity index (χ0n) is 8.38. The molecule has 0 radical (unpaired) electrons. The second-order valence-corrected chi connectivity index (χ2v) is 3.93. The van der Waals surface area contributed by atoms with E-state index >= 15 is 0 Å². The van der Waals surface area contributed by atoms with Gasteiger partial charge in [0.15, 0.2) is 11.5 Å². The first-order valence-electron chi connectivity index (χ1n) is 4.65. The van der Waals surface area contributed by atoms with Gasteiger partial charge in [-0.25, -0.2) is 0 Å². The highest BCUT2D eigenvalue weighted by atomic mass is 79.9. The van der Waals surface area contributed by atoms with Gasteiger partial charge in [0.05, 0.1) is 13.7 Å². The Morgan fingerprint density at radius 1 is 1.40 bits per heavy atom. The fraction of sp³-hybridized carbons (Fsp3) is 0.400. The number of hydroxylamine groups is 1. The maximum Gasteiger partial charge on any atom is 0.167 e. The Hall–Kier alpha value is -0.780. The van der Waals surface area contributed by atoms with Crippen molar-refractivity contribution < 1.29 is 14.3 Å². The van der Waals surface area contributed by atoms with Gasteiger partial charge in [-0.1, -0.05) is 15.9 Å². The fourth-order valence-corrected chi connectivity index (χ4v) is 1.91. The number of halogens is 1. The van der Waals surface area contributed by atoms with Gasteiger partial charge in [-0.15, -0.1) is 0 Å². The third-order valence-corrected chi connectivity index (χ3v) is 2.89. The minimum Gasteiger partial charge on any atom is -0.486 e. The molecule has 82 valence electrons. The van der Waals surface area contributed by atoms with Crippen molar-refractivity contribution in [1.29, 1.82) is 0 Å². The predicted octanol–water partition coefficient (Wildman–Crippen LogP) is 1.87. The van der Waals surface area contributed by atoms with Gasteiger partial charge < -0.3 is 14.3 Å². The molecule has 0 saturated carbocycles. The van der Waals surface area contributed by atoms with E-state index in [1.807, 2.05) is 12.1 Å². The van der Waals surface area contributed by atoms with Gasteiger partial charge in [0.2, 0.25) is 0 Å². The van der Waals surface area contributed by atoms with E-state index in [0.29, 0.717) is 19.8 Å². The molecule has 4 nitrogen and oxygen atoms in total. The SMILES string of the molecule is CONCc1c(Br)ccc2c1OCCO2. The predicted molar refractivity (Wildman–Crippen MR) is 59.0 cm³/mol. The summed E-state index contributed by atoms with van der Waals surface area (Å²) in [5, 5.41) is 0. The van der Waals surface area contributed by atoms with Crippen LogP contribution < -0.4 is 15.0 Å². The maximum atomic E-state index is 5.58. The standard InChI is InChI=1S/C10H12BrNO3/c1-13-12-6-7-8(11)2-3-9-10(7)15-5-4-14-9/h2-3,12H,4-6H2,1H3. The number of nitrogens with one attached hydrogen (secondary N) is 1. The van der Waals surface area contributed by atoms with Gasteiger partial charge in [0.1, 0.15) is 13.2 Å². The van der Waals surface area contributed by atoms with Crippen LogP contribution in [0, 0.1) is 0 Å². The zero-order chi connectivity index (χ0) is 10.7. The fourth-order valence-electron chi connectivity index (χ4n) is 1.46. The summed E-state index contributed by atoms with van der Waals surface area (Å²) < 4.78 is 12.0. The first-order valence-corrected chi connectivity index (χ1v) is 5.45. The molecular weight excluding hydrogens is 262 g/mol. The van der Waals surface area contributed by atoms with E-state index in [-0.39, 0.29) is 0 Å². The molecule has 1 aliphatic heterocycles. The molecular formula is C10H12BrNO3. The molecule has 2 rings (SSSR count). The summed E-state index contributed by atoms with van der Waals surface area (Å²) in [4.78, 5) is 4.82. The lowest BCUT2D eigenvalue weighted by Crippen LogP contribution is -2.19. The largest absolute Gasteiger partial charge is 0.486 e. The Kier molecular flexibility index (Phi) is 3.45. The van der Waals surface area contributed by atoms with Crippen molar-refractivity contribution in [3.8, 4) is 11.5 Å². The van der Waals surface area contributed by atoms with Crippen LogP contribution in [0.1, 0.15) is 5.56 Å². The van der Waals surface area contributed by atoms with Crippen LogP contribution in [0.2, 0.25) is 0 Å². The minimum atomic E-state index is 0.573. The molecule has 1 N–H and O–H groups in total. The highest BCUT2D eigenvalue weighted by Crippen LogP contribution is 2.37. The molecule has 1 aromatic carbocycles. The molecule has 0 atom stereocenters. The lowest BCUT2D eigenvalue weighted by molar-refractivity contribution is 0.0847. The summed E-state index contributed by atoms with van der Waals surface area (Å²) >= 11 is 3.47. The molecule has 0 fully saturated rings. The van der Waals surface area contributed by atoms with Gasteiger partial charge >= 0.3 is 0 Å². The van der Waals surface area contributed by atoms with Gasteiger partial charge in [0.25, 0.3) is 0 Å². The topological polar surface area (TPSA) is 39.7 Å². The number of benzene rings is 1. The molecule has 0 amide bonds.